The lowest BCUT2D eigenvalue weighted by Crippen LogP contribution is -2.11. The van der Waals surface area contributed by atoms with Crippen LogP contribution in [0.2, 0.25) is 0 Å². The lowest BCUT2D eigenvalue weighted by molar-refractivity contribution is -0.143. The molecule has 0 fully saturated rings. The fraction of sp³-hybridized carbons (Fsp3) is 0.294. The molecule has 2 aromatic rings. The molecule has 0 bridgehead atoms. The topological polar surface area (TPSA) is 0 Å². The van der Waals surface area contributed by atoms with E-state index < -0.39 is 29.3 Å². The maximum atomic E-state index is 13.5. The minimum absolute atomic E-state index is 0.0154. The third-order valence-electron chi connectivity index (χ3n) is 3.54. The van der Waals surface area contributed by atoms with Crippen molar-refractivity contribution in [2.45, 2.75) is 32.1 Å². The lowest BCUT2D eigenvalue weighted by Gasteiger charge is -2.17. The highest BCUT2D eigenvalue weighted by Crippen LogP contribution is 2.40. The molecule has 2 aromatic carbocycles. The van der Waals surface area contributed by atoms with E-state index in [0.717, 1.165) is 12.1 Å². The summed E-state index contributed by atoms with van der Waals surface area (Å²) in [6.07, 6.45) is -9.89. The Morgan fingerprint density at radius 2 is 1.25 bits per heavy atom. The van der Waals surface area contributed by atoms with Crippen molar-refractivity contribution in [2.24, 2.45) is 0 Å². The summed E-state index contributed by atoms with van der Waals surface area (Å²) in [5.74, 6) is -0.940. The zero-order valence-electron chi connectivity index (χ0n) is 12.7. The molecule has 0 aliphatic rings. The van der Waals surface area contributed by atoms with Gasteiger partial charge in [-0.1, -0.05) is 19.9 Å². The summed E-state index contributed by atoms with van der Waals surface area (Å²) < 4.78 is 91.2. The average Bonchev–Trinajstić information content (AvgIpc) is 2.44. The Kier molecular flexibility index (Phi) is 4.65. The second-order valence-electron chi connectivity index (χ2n) is 5.68. The zero-order valence-corrected chi connectivity index (χ0v) is 12.7. The van der Waals surface area contributed by atoms with Gasteiger partial charge in [0.2, 0.25) is 0 Å². The van der Waals surface area contributed by atoms with Crippen LogP contribution in [0.3, 0.4) is 0 Å². The van der Waals surface area contributed by atoms with E-state index in [1.54, 1.807) is 13.8 Å². The molecule has 0 atom stereocenters. The Morgan fingerprint density at radius 3 is 1.67 bits per heavy atom. The Balaban J connectivity index is 2.77. The first-order valence-corrected chi connectivity index (χ1v) is 6.99. The van der Waals surface area contributed by atoms with Gasteiger partial charge in [-0.3, -0.25) is 0 Å². The van der Waals surface area contributed by atoms with E-state index in [0.29, 0.717) is 17.7 Å². The quantitative estimate of drug-likeness (QED) is 0.532. The molecular formula is C17H13F7. The highest BCUT2D eigenvalue weighted by atomic mass is 19.4. The van der Waals surface area contributed by atoms with Crippen LogP contribution in [0.15, 0.2) is 36.4 Å². The maximum absolute atomic E-state index is 13.5. The SMILES string of the molecule is CC(C)c1ccc(F)cc1-c1cc(C(F)(F)F)cc(C(F)(F)F)c1. The van der Waals surface area contributed by atoms with Crippen LogP contribution in [0.5, 0.6) is 0 Å². The van der Waals surface area contributed by atoms with Gasteiger partial charge < -0.3 is 0 Å². The van der Waals surface area contributed by atoms with E-state index in [1.165, 1.54) is 6.07 Å². The van der Waals surface area contributed by atoms with Gasteiger partial charge in [-0.05, 0) is 52.9 Å². The van der Waals surface area contributed by atoms with Crippen LogP contribution in [0.25, 0.3) is 11.1 Å². The van der Waals surface area contributed by atoms with Crippen molar-refractivity contribution in [1.29, 1.82) is 0 Å². The molecule has 0 aliphatic carbocycles. The Hall–Kier alpha value is -2.05. The fourth-order valence-electron chi connectivity index (χ4n) is 2.39. The summed E-state index contributed by atoms with van der Waals surface area (Å²) in [5, 5.41) is 0. The van der Waals surface area contributed by atoms with Gasteiger partial charge >= 0.3 is 12.4 Å². The summed E-state index contributed by atoms with van der Waals surface area (Å²) >= 11 is 0. The molecule has 0 spiro atoms. The predicted octanol–water partition coefficient (Wildman–Crippen LogP) is 6.65. The summed E-state index contributed by atoms with van der Waals surface area (Å²) in [6, 6.07) is 4.70. The summed E-state index contributed by atoms with van der Waals surface area (Å²) in [5.41, 5.74) is -2.69. The molecule has 2 rings (SSSR count). The van der Waals surface area contributed by atoms with E-state index in [9.17, 15) is 30.7 Å². The minimum Gasteiger partial charge on any atom is -0.207 e. The molecule has 0 N–H and O–H groups in total. The maximum Gasteiger partial charge on any atom is 0.416 e. The van der Waals surface area contributed by atoms with Crippen LogP contribution in [-0.4, -0.2) is 0 Å². The number of hydrogen-bond donors (Lipinski definition) is 0. The van der Waals surface area contributed by atoms with Crippen molar-refractivity contribution in [3.8, 4) is 11.1 Å². The second kappa shape index (κ2) is 6.11. The van der Waals surface area contributed by atoms with Gasteiger partial charge in [0.05, 0.1) is 11.1 Å². The highest BCUT2D eigenvalue weighted by Gasteiger charge is 2.37. The summed E-state index contributed by atoms with van der Waals surface area (Å²) in [6.45, 7) is 3.43. The Morgan fingerprint density at radius 1 is 0.750 bits per heavy atom. The summed E-state index contributed by atoms with van der Waals surface area (Å²) in [4.78, 5) is 0. The lowest BCUT2D eigenvalue weighted by atomic mass is 9.90. The molecule has 0 unspecified atom stereocenters. The first-order chi connectivity index (χ1) is 10.9. The smallest absolute Gasteiger partial charge is 0.207 e. The van der Waals surface area contributed by atoms with Crippen LogP contribution >= 0.6 is 0 Å². The normalized spacial score (nSPS) is 12.8. The van der Waals surface area contributed by atoms with E-state index in [4.69, 9.17) is 0 Å². The van der Waals surface area contributed by atoms with Crippen molar-refractivity contribution in [3.63, 3.8) is 0 Å². The first-order valence-electron chi connectivity index (χ1n) is 6.99. The molecule has 0 saturated heterocycles. The standard InChI is InChI=1S/C17H13F7/c1-9(2)14-4-3-13(18)8-15(14)10-5-11(16(19,20)21)7-12(6-10)17(22,23)24/h3-9H,1-2H3. The fourth-order valence-corrected chi connectivity index (χ4v) is 2.39. The first kappa shape index (κ1) is 18.3. The van der Waals surface area contributed by atoms with Crippen molar-refractivity contribution < 1.29 is 30.7 Å². The molecule has 0 amide bonds. The third-order valence-corrected chi connectivity index (χ3v) is 3.54. The van der Waals surface area contributed by atoms with Crippen LogP contribution in [0, 0.1) is 5.82 Å². The van der Waals surface area contributed by atoms with Crippen molar-refractivity contribution in [2.75, 3.05) is 0 Å². The van der Waals surface area contributed by atoms with Crippen molar-refractivity contribution in [3.05, 3.63) is 58.9 Å². The Bertz CT molecular complexity index is 707. The van der Waals surface area contributed by atoms with Gasteiger partial charge in [-0.25, -0.2) is 4.39 Å². The summed E-state index contributed by atoms with van der Waals surface area (Å²) in [7, 11) is 0. The minimum atomic E-state index is -4.94. The zero-order chi connectivity index (χ0) is 18.3. The van der Waals surface area contributed by atoms with Crippen LogP contribution in [-0.2, 0) is 12.4 Å². The molecule has 0 saturated carbocycles. The van der Waals surface area contributed by atoms with E-state index in [2.05, 4.69) is 0 Å². The number of halogens is 7. The molecular weight excluding hydrogens is 337 g/mol. The molecule has 0 nitrogen and oxygen atoms in total. The molecule has 24 heavy (non-hydrogen) atoms. The second-order valence-corrected chi connectivity index (χ2v) is 5.68. The van der Waals surface area contributed by atoms with Crippen molar-refractivity contribution in [1.82, 2.24) is 0 Å². The van der Waals surface area contributed by atoms with E-state index in [1.807, 2.05) is 0 Å². The predicted molar refractivity (Wildman–Crippen MR) is 75.9 cm³/mol. The van der Waals surface area contributed by atoms with Crippen LogP contribution < -0.4 is 0 Å². The molecule has 0 aliphatic heterocycles. The number of benzene rings is 2. The third kappa shape index (κ3) is 3.88. The number of rotatable bonds is 2. The highest BCUT2D eigenvalue weighted by molar-refractivity contribution is 5.70. The number of alkyl halides is 6. The number of hydrogen-bond acceptors (Lipinski definition) is 0. The van der Waals surface area contributed by atoms with E-state index >= 15 is 0 Å². The Labute approximate surface area is 133 Å². The van der Waals surface area contributed by atoms with Gasteiger partial charge in [-0.15, -0.1) is 0 Å². The van der Waals surface area contributed by atoms with Gasteiger partial charge in [0.15, 0.2) is 0 Å². The molecule has 7 heteroatoms. The van der Waals surface area contributed by atoms with Gasteiger partial charge in [-0.2, -0.15) is 26.3 Å². The monoisotopic (exact) mass is 350 g/mol. The van der Waals surface area contributed by atoms with Crippen LogP contribution in [0.4, 0.5) is 30.7 Å². The van der Waals surface area contributed by atoms with Crippen molar-refractivity contribution >= 4 is 0 Å². The largest absolute Gasteiger partial charge is 0.416 e. The molecule has 130 valence electrons. The average molecular weight is 350 g/mol. The van der Waals surface area contributed by atoms with Gasteiger partial charge in [0, 0.05) is 0 Å². The van der Waals surface area contributed by atoms with Crippen LogP contribution in [0.1, 0.15) is 36.5 Å². The van der Waals surface area contributed by atoms with Gasteiger partial charge in [0.1, 0.15) is 5.82 Å². The molecule has 0 aromatic heterocycles. The molecule has 0 heterocycles. The van der Waals surface area contributed by atoms with E-state index in [-0.39, 0.29) is 23.1 Å². The molecule has 0 radical (unpaired) electrons. The van der Waals surface area contributed by atoms with Gasteiger partial charge in [0.25, 0.3) is 0 Å².